The standard InChI is InChI=1S/C19H19F2N7/c1-18(2,13-4-3-5-14(20)15(13)21)19(23)26-16(25-17(22)27-19)11-6-7-12-8-24-10-28(12)9-11/h3-10H,23H2,1-2H3,(H3,22,25,26,27). The minimum absolute atomic E-state index is 0.0307. The van der Waals surface area contributed by atoms with Gasteiger partial charge in [0.1, 0.15) is 0 Å². The molecule has 1 atom stereocenters. The van der Waals surface area contributed by atoms with E-state index in [9.17, 15) is 8.78 Å². The number of guanidine groups is 1. The molecule has 0 amide bonds. The van der Waals surface area contributed by atoms with Crippen LogP contribution in [0.5, 0.6) is 0 Å². The molecular formula is C19H19F2N7. The van der Waals surface area contributed by atoms with E-state index in [1.54, 1.807) is 37.0 Å². The van der Waals surface area contributed by atoms with Gasteiger partial charge in [-0.1, -0.05) is 26.0 Å². The van der Waals surface area contributed by atoms with Gasteiger partial charge in [0.05, 0.1) is 23.5 Å². The SMILES string of the molecule is CC(C)(c1cccc(F)c1F)C1(N)N=C(c2ccc3cncn3c2)N=C(N)N1. The largest absolute Gasteiger partial charge is 0.370 e. The fraction of sp³-hybridized carbons (Fsp3) is 0.211. The highest BCUT2D eigenvalue weighted by Crippen LogP contribution is 2.36. The van der Waals surface area contributed by atoms with Crippen molar-refractivity contribution in [1.29, 1.82) is 0 Å². The van der Waals surface area contributed by atoms with Crippen LogP contribution in [0.2, 0.25) is 0 Å². The third-order valence-electron chi connectivity index (χ3n) is 5.07. The molecule has 1 aliphatic heterocycles. The fourth-order valence-corrected chi connectivity index (χ4v) is 3.23. The van der Waals surface area contributed by atoms with Crippen molar-refractivity contribution in [2.75, 3.05) is 0 Å². The van der Waals surface area contributed by atoms with E-state index in [1.165, 1.54) is 12.1 Å². The van der Waals surface area contributed by atoms with E-state index < -0.39 is 22.8 Å². The highest BCUT2D eigenvalue weighted by molar-refractivity contribution is 6.07. The predicted octanol–water partition coefficient (Wildman–Crippen LogP) is 1.87. The third kappa shape index (κ3) is 2.71. The Hall–Kier alpha value is -3.33. The average molecular weight is 383 g/mol. The van der Waals surface area contributed by atoms with Gasteiger partial charge in [-0.15, -0.1) is 0 Å². The van der Waals surface area contributed by atoms with Gasteiger partial charge in [0.25, 0.3) is 0 Å². The lowest BCUT2D eigenvalue weighted by Crippen LogP contribution is -2.68. The number of pyridine rings is 1. The summed E-state index contributed by atoms with van der Waals surface area (Å²) < 4.78 is 30.1. The molecule has 144 valence electrons. The Kier molecular flexibility index (Phi) is 3.93. The maximum Gasteiger partial charge on any atom is 0.198 e. The van der Waals surface area contributed by atoms with Crippen LogP contribution in [0.25, 0.3) is 5.52 Å². The normalized spacial score (nSPS) is 19.9. The summed E-state index contributed by atoms with van der Waals surface area (Å²) in [4.78, 5) is 12.9. The molecule has 0 aliphatic carbocycles. The highest BCUT2D eigenvalue weighted by Gasteiger charge is 2.47. The smallest absolute Gasteiger partial charge is 0.198 e. The molecular weight excluding hydrogens is 364 g/mol. The van der Waals surface area contributed by atoms with Crippen LogP contribution in [-0.2, 0) is 5.41 Å². The van der Waals surface area contributed by atoms with Crippen molar-refractivity contribution < 1.29 is 8.78 Å². The molecule has 1 aromatic carbocycles. The van der Waals surface area contributed by atoms with Crippen LogP contribution in [0.15, 0.2) is 59.0 Å². The number of benzene rings is 1. The van der Waals surface area contributed by atoms with Crippen LogP contribution < -0.4 is 16.8 Å². The molecule has 0 spiro atoms. The molecule has 3 heterocycles. The van der Waals surface area contributed by atoms with Gasteiger partial charge < -0.3 is 15.5 Å². The molecule has 1 aliphatic rings. The molecule has 0 saturated heterocycles. The number of hydrogen-bond donors (Lipinski definition) is 3. The monoisotopic (exact) mass is 383 g/mol. The predicted molar refractivity (Wildman–Crippen MR) is 103 cm³/mol. The summed E-state index contributed by atoms with van der Waals surface area (Å²) in [5.74, 6) is -3.19. The molecule has 28 heavy (non-hydrogen) atoms. The van der Waals surface area contributed by atoms with Crippen LogP contribution >= 0.6 is 0 Å². The van der Waals surface area contributed by atoms with E-state index in [0.29, 0.717) is 5.56 Å². The number of amidine groups is 1. The number of nitrogens with zero attached hydrogens (tertiary/aromatic N) is 4. The van der Waals surface area contributed by atoms with Gasteiger partial charge in [-0.05, 0) is 18.2 Å². The number of aliphatic imine (C=N–C) groups is 2. The summed E-state index contributed by atoms with van der Waals surface area (Å²) in [6.07, 6.45) is 5.16. The summed E-state index contributed by atoms with van der Waals surface area (Å²) in [6.45, 7) is 3.33. The fourth-order valence-electron chi connectivity index (χ4n) is 3.23. The topological polar surface area (TPSA) is 106 Å². The Bertz CT molecular complexity index is 1130. The minimum atomic E-state index is -1.56. The van der Waals surface area contributed by atoms with Crippen LogP contribution in [0.1, 0.15) is 25.0 Å². The van der Waals surface area contributed by atoms with Gasteiger partial charge in [-0.2, -0.15) is 4.99 Å². The second kappa shape index (κ2) is 6.10. The van der Waals surface area contributed by atoms with Crippen molar-refractivity contribution >= 4 is 17.3 Å². The molecule has 3 aromatic rings. The number of imidazole rings is 1. The highest BCUT2D eigenvalue weighted by atomic mass is 19.2. The van der Waals surface area contributed by atoms with Crippen molar-refractivity contribution in [2.24, 2.45) is 21.5 Å². The summed E-state index contributed by atoms with van der Waals surface area (Å²) in [6, 6.07) is 7.62. The van der Waals surface area contributed by atoms with Gasteiger partial charge in [0, 0.05) is 17.3 Å². The summed E-state index contributed by atoms with van der Waals surface area (Å²) in [5, 5.41) is 2.82. The number of nitrogens with one attached hydrogen (secondary N) is 1. The van der Waals surface area contributed by atoms with Crippen LogP contribution in [0, 0.1) is 11.6 Å². The van der Waals surface area contributed by atoms with Gasteiger partial charge in [0.15, 0.2) is 29.2 Å². The molecule has 9 heteroatoms. The Labute approximate surface area is 159 Å². The molecule has 0 fully saturated rings. The Balaban J connectivity index is 1.83. The van der Waals surface area contributed by atoms with E-state index in [1.807, 2.05) is 12.1 Å². The first-order valence-corrected chi connectivity index (χ1v) is 8.59. The van der Waals surface area contributed by atoms with Gasteiger partial charge in [0.2, 0.25) is 0 Å². The number of aromatic nitrogens is 2. The van der Waals surface area contributed by atoms with Crippen LogP contribution in [0.4, 0.5) is 8.78 Å². The van der Waals surface area contributed by atoms with Gasteiger partial charge >= 0.3 is 0 Å². The molecule has 2 aromatic heterocycles. The van der Waals surface area contributed by atoms with E-state index in [2.05, 4.69) is 20.3 Å². The van der Waals surface area contributed by atoms with E-state index in [4.69, 9.17) is 11.5 Å². The van der Waals surface area contributed by atoms with E-state index in [0.717, 1.165) is 11.6 Å². The number of hydrogen-bond acceptors (Lipinski definition) is 6. The summed E-state index contributed by atoms with van der Waals surface area (Å²) in [5.41, 5.74) is 13.0. The first-order chi connectivity index (χ1) is 13.2. The van der Waals surface area contributed by atoms with Crippen molar-refractivity contribution in [1.82, 2.24) is 14.7 Å². The zero-order valence-electron chi connectivity index (χ0n) is 15.3. The number of nitrogens with two attached hydrogens (primary N) is 2. The maximum absolute atomic E-state index is 14.5. The average Bonchev–Trinajstić information content (AvgIpc) is 3.10. The van der Waals surface area contributed by atoms with Crippen molar-refractivity contribution in [2.45, 2.75) is 25.0 Å². The molecule has 4 rings (SSSR count). The number of halogens is 2. The summed E-state index contributed by atoms with van der Waals surface area (Å²) in [7, 11) is 0. The van der Waals surface area contributed by atoms with Gasteiger partial charge in [-0.25, -0.2) is 18.8 Å². The lowest BCUT2D eigenvalue weighted by Gasteiger charge is -2.43. The zero-order valence-corrected chi connectivity index (χ0v) is 15.3. The van der Waals surface area contributed by atoms with Crippen LogP contribution in [-0.4, -0.2) is 27.0 Å². The third-order valence-corrected chi connectivity index (χ3v) is 5.07. The van der Waals surface area contributed by atoms with Crippen molar-refractivity contribution in [3.05, 3.63) is 71.8 Å². The Morgan fingerprint density at radius 1 is 1.18 bits per heavy atom. The molecule has 0 saturated carbocycles. The Morgan fingerprint density at radius 2 is 1.96 bits per heavy atom. The number of rotatable bonds is 3. The lowest BCUT2D eigenvalue weighted by molar-refractivity contribution is 0.232. The van der Waals surface area contributed by atoms with E-state index in [-0.39, 0.29) is 17.4 Å². The van der Waals surface area contributed by atoms with Crippen molar-refractivity contribution in [3.8, 4) is 0 Å². The zero-order chi connectivity index (χ0) is 20.1. The maximum atomic E-state index is 14.5. The second-order valence-corrected chi connectivity index (χ2v) is 7.19. The number of fused-ring (bicyclic) bond motifs is 1. The molecule has 0 radical (unpaired) electrons. The first-order valence-electron chi connectivity index (χ1n) is 8.59. The molecule has 1 unspecified atom stereocenters. The molecule has 0 bridgehead atoms. The lowest BCUT2D eigenvalue weighted by atomic mass is 9.77. The Morgan fingerprint density at radius 3 is 2.75 bits per heavy atom. The van der Waals surface area contributed by atoms with Crippen LogP contribution in [0.3, 0.4) is 0 Å². The molecule has 5 N–H and O–H groups in total. The quantitative estimate of drug-likeness (QED) is 0.642. The molecule has 7 nitrogen and oxygen atoms in total. The second-order valence-electron chi connectivity index (χ2n) is 7.19. The van der Waals surface area contributed by atoms with Gasteiger partial charge in [-0.3, -0.25) is 5.73 Å². The first kappa shape index (κ1) is 18.1. The van der Waals surface area contributed by atoms with Crippen molar-refractivity contribution in [3.63, 3.8) is 0 Å². The minimum Gasteiger partial charge on any atom is -0.370 e. The summed E-state index contributed by atoms with van der Waals surface area (Å²) >= 11 is 0. The van der Waals surface area contributed by atoms with E-state index >= 15 is 0 Å².